The zero-order chi connectivity index (χ0) is 15.0. The highest BCUT2D eigenvalue weighted by atomic mass is 35.5. The third-order valence-corrected chi connectivity index (χ3v) is 4.53. The van der Waals surface area contributed by atoms with Crippen LogP contribution in [0.1, 0.15) is 57.6 Å². The minimum Gasteiger partial charge on any atom is -0.487 e. The molecule has 4 nitrogen and oxygen atoms in total. The second-order valence-corrected chi connectivity index (χ2v) is 6.91. The molecule has 3 rings (SSSR count). The number of nitrogen functional groups attached to an aromatic ring is 1. The third-order valence-electron chi connectivity index (χ3n) is 4.53. The van der Waals surface area contributed by atoms with Crippen LogP contribution in [0.4, 0.5) is 5.69 Å². The highest BCUT2D eigenvalue weighted by Gasteiger charge is 2.35. The quantitative estimate of drug-likeness (QED) is 0.817. The second kappa shape index (κ2) is 6.37. The highest BCUT2D eigenvalue weighted by molar-refractivity contribution is 5.85. The molecule has 1 aromatic carbocycles. The minimum absolute atomic E-state index is 0. The van der Waals surface area contributed by atoms with Crippen LogP contribution in [0.15, 0.2) is 18.2 Å². The van der Waals surface area contributed by atoms with E-state index in [-0.39, 0.29) is 35.9 Å². The first-order valence-corrected chi connectivity index (χ1v) is 7.83. The number of carbonyl (C=O) groups is 1. The van der Waals surface area contributed by atoms with Crippen molar-refractivity contribution in [2.24, 2.45) is 5.92 Å². The maximum Gasteiger partial charge on any atom is 0.223 e. The lowest BCUT2D eigenvalue weighted by atomic mass is 9.89. The molecule has 2 aliphatic rings. The summed E-state index contributed by atoms with van der Waals surface area (Å²) in [7, 11) is 0. The number of anilines is 1. The van der Waals surface area contributed by atoms with Crippen molar-refractivity contribution >= 4 is 24.0 Å². The average molecular weight is 325 g/mol. The summed E-state index contributed by atoms with van der Waals surface area (Å²) < 4.78 is 6.00. The van der Waals surface area contributed by atoms with Gasteiger partial charge in [0.05, 0.1) is 6.04 Å². The van der Waals surface area contributed by atoms with Gasteiger partial charge in [0, 0.05) is 23.6 Å². The van der Waals surface area contributed by atoms with Crippen molar-refractivity contribution in [3.8, 4) is 5.75 Å². The molecule has 1 amide bonds. The van der Waals surface area contributed by atoms with E-state index in [9.17, 15) is 4.79 Å². The molecular formula is C17H25ClN2O2. The molecule has 1 heterocycles. The Morgan fingerprint density at radius 1 is 1.32 bits per heavy atom. The van der Waals surface area contributed by atoms with Crippen molar-refractivity contribution in [3.05, 3.63) is 23.8 Å². The second-order valence-electron chi connectivity index (χ2n) is 6.91. The molecule has 0 aromatic heterocycles. The average Bonchev–Trinajstić information content (AvgIpc) is 2.93. The van der Waals surface area contributed by atoms with Crippen molar-refractivity contribution in [2.75, 3.05) is 5.73 Å². The van der Waals surface area contributed by atoms with Crippen molar-refractivity contribution in [1.29, 1.82) is 0 Å². The fourth-order valence-corrected chi connectivity index (χ4v) is 3.48. The van der Waals surface area contributed by atoms with Gasteiger partial charge in [0.2, 0.25) is 5.91 Å². The van der Waals surface area contributed by atoms with Crippen LogP contribution < -0.4 is 15.8 Å². The first-order valence-electron chi connectivity index (χ1n) is 7.83. The van der Waals surface area contributed by atoms with Crippen LogP contribution in [-0.2, 0) is 4.79 Å². The Morgan fingerprint density at radius 3 is 2.68 bits per heavy atom. The summed E-state index contributed by atoms with van der Waals surface area (Å²) in [6, 6.07) is 5.65. The van der Waals surface area contributed by atoms with Gasteiger partial charge in [-0.15, -0.1) is 12.4 Å². The van der Waals surface area contributed by atoms with Gasteiger partial charge >= 0.3 is 0 Å². The molecule has 1 saturated carbocycles. The molecule has 1 aliphatic carbocycles. The van der Waals surface area contributed by atoms with E-state index in [0.717, 1.165) is 30.6 Å². The van der Waals surface area contributed by atoms with Crippen LogP contribution in [0, 0.1) is 5.92 Å². The van der Waals surface area contributed by atoms with Crippen LogP contribution in [0.5, 0.6) is 5.75 Å². The molecule has 1 fully saturated rings. The predicted molar refractivity (Wildman–Crippen MR) is 90.3 cm³/mol. The first-order chi connectivity index (χ1) is 9.94. The van der Waals surface area contributed by atoms with Gasteiger partial charge in [0.25, 0.3) is 0 Å². The summed E-state index contributed by atoms with van der Waals surface area (Å²) in [5.41, 5.74) is 7.32. The predicted octanol–water partition coefficient (Wildman–Crippen LogP) is 3.60. The van der Waals surface area contributed by atoms with Crippen LogP contribution in [-0.4, -0.2) is 11.5 Å². The lowest BCUT2D eigenvalue weighted by Gasteiger charge is -2.38. The van der Waals surface area contributed by atoms with Gasteiger partial charge in [-0.25, -0.2) is 0 Å². The molecule has 0 bridgehead atoms. The van der Waals surface area contributed by atoms with Crippen LogP contribution in [0.3, 0.4) is 0 Å². The molecule has 3 N–H and O–H groups in total. The fraction of sp³-hybridized carbons (Fsp3) is 0.588. The maximum atomic E-state index is 12.4. The summed E-state index contributed by atoms with van der Waals surface area (Å²) in [4.78, 5) is 12.4. The number of carbonyl (C=O) groups excluding carboxylic acids is 1. The maximum absolute atomic E-state index is 12.4. The van der Waals surface area contributed by atoms with Gasteiger partial charge in [0.15, 0.2) is 0 Å². The van der Waals surface area contributed by atoms with Crippen LogP contribution in [0.2, 0.25) is 0 Å². The lowest BCUT2D eigenvalue weighted by molar-refractivity contribution is -0.126. The van der Waals surface area contributed by atoms with Gasteiger partial charge < -0.3 is 15.8 Å². The van der Waals surface area contributed by atoms with Crippen LogP contribution in [0.25, 0.3) is 0 Å². The molecule has 122 valence electrons. The first kappa shape index (κ1) is 16.9. The number of ether oxygens (including phenoxy) is 1. The number of nitrogens with two attached hydrogens (primary N) is 1. The molecule has 1 atom stereocenters. The Labute approximate surface area is 138 Å². The summed E-state index contributed by atoms with van der Waals surface area (Å²) >= 11 is 0. The van der Waals surface area contributed by atoms with Gasteiger partial charge in [0.1, 0.15) is 11.4 Å². The normalized spacial score (nSPS) is 23.1. The molecule has 0 spiro atoms. The van der Waals surface area contributed by atoms with E-state index in [0.29, 0.717) is 5.69 Å². The van der Waals surface area contributed by atoms with E-state index in [4.69, 9.17) is 10.5 Å². The molecule has 0 saturated heterocycles. The van der Waals surface area contributed by atoms with Crippen molar-refractivity contribution in [2.45, 2.75) is 57.6 Å². The van der Waals surface area contributed by atoms with Gasteiger partial charge in [-0.05, 0) is 44.9 Å². The molecular weight excluding hydrogens is 300 g/mol. The number of rotatable bonds is 2. The zero-order valence-electron chi connectivity index (χ0n) is 13.2. The van der Waals surface area contributed by atoms with E-state index < -0.39 is 0 Å². The largest absolute Gasteiger partial charge is 0.487 e. The Balaban J connectivity index is 0.00000176. The molecule has 1 aromatic rings. The molecule has 22 heavy (non-hydrogen) atoms. The number of fused-ring (bicyclic) bond motifs is 1. The topological polar surface area (TPSA) is 64.4 Å². The molecule has 0 radical (unpaired) electrons. The van der Waals surface area contributed by atoms with Gasteiger partial charge in [-0.3, -0.25) is 4.79 Å². The van der Waals surface area contributed by atoms with Crippen molar-refractivity contribution < 1.29 is 9.53 Å². The highest BCUT2D eigenvalue weighted by Crippen LogP contribution is 2.40. The van der Waals surface area contributed by atoms with Crippen molar-refractivity contribution in [1.82, 2.24) is 5.32 Å². The number of hydrogen-bond acceptors (Lipinski definition) is 3. The number of halogens is 1. The Morgan fingerprint density at radius 2 is 2.00 bits per heavy atom. The van der Waals surface area contributed by atoms with E-state index in [2.05, 4.69) is 19.2 Å². The molecule has 1 unspecified atom stereocenters. The van der Waals surface area contributed by atoms with Crippen LogP contribution >= 0.6 is 12.4 Å². The van der Waals surface area contributed by atoms with Crippen molar-refractivity contribution in [3.63, 3.8) is 0 Å². The zero-order valence-corrected chi connectivity index (χ0v) is 14.0. The number of benzene rings is 1. The van der Waals surface area contributed by atoms with E-state index in [1.165, 1.54) is 12.8 Å². The minimum atomic E-state index is -0.281. The summed E-state index contributed by atoms with van der Waals surface area (Å²) in [6.45, 7) is 4.11. The SMILES string of the molecule is CC1(C)CC(NC(=O)C2CCCC2)c2cc(N)ccc2O1.Cl. The number of hydrogen-bond donors (Lipinski definition) is 2. The smallest absolute Gasteiger partial charge is 0.223 e. The Kier molecular flexibility index (Phi) is 4.90. The lowest BCUT2D eigenvalue weighted by Crippen LogP contribution is -2.42. The third kappa shape index (κ3) is 3.49. The summed E-state index contributed by atoms with van der Waals surface area (Å²) in [5, 5.41) is 3.23. The van der Waals surface area contributed by atoms with Gasteiger partial charge in [-0.1, -0.05) is 12.8 Å². The standard InChI is InChI=1S/C17H24N2O2.ClH/c1-17(2)10-14(19-16(20)11-5-3-4-6-11)13-9-12(18)7-8-15(13)21-17;/h7-9,11,14H,3-6,10,18H2,1-2H3,(H,19,20);1H. The van der Waals surface area contributed by atoms with Gasteiger partial charge in [-0.2, -0.15) is 0 Å². The molecule has 1 aliphatic heterocycles. The fourth-order valence-electron chi connectivity index (χ4n) is 3.48. The Hall–Kier alpha value is -1.42. The monoisotopic (exact) mass is 324 g/mol. The summed E-state index contributed by atoms with van der Waals surface area (Å²) in [6.07, 6.45) is 5.13. The van der Waals surface area contributed by atoms with E-state index in [1.807, 2.05) is 18.2 Å². The molecule has 5 heteroatoms. The van der Waals surface area contributed by atoms with E-state index in [1.54, 1.807) is 0 Å². The summed E-state index contributed by atoms with van der Waals surface area (Å²) in [5.74, 6) is 1.20. The number of nitrogens with one attached hydrogen (secondary N) is 1. The number of amides is 1. The van der Waals surface area contributed by atoms with E-state index >= 15 is 0 Å². The Bertz CT molecular complexity index is 554.